The first kappa shape index (κ1) is 27.5. The summed E-state index contributed by atoms with van der Waals surface area (Å²) in [7, 11) is 0. The van der Waals surface area contributed by atoms with Gasteiger partial charge in [-0.2, -0.15) is 0 Å². The summed E-state index contributed by atoms with van der Waals surface area (Å²) in [6.07, 6.45) is 0. The Morgan fingerprint density at radius 3 is 1.20 bits per heavy atom. The highest BCUT2D eigenvalue weighted by molar-refractivity contribution is 6.35. The second kappa shape index (κ2) is 10.5. The number of benzene rings is 11. The van der Waals surface area contributed by atoms with Crippen molar-refractivity contribution >= 4 is 86.2 Å². The summed E-state index contributed by atoms with van der Waals surface area (Å²) in [5, 5.41) is 20.6. The van der Waals surface area contributed by atoms with Gasteiger partial charge in [-0.05, 0) is 114 Å². The standard InChI is InChI=1S/C50H30/c1-2-15-32-31(14-1)28-29-38-33(32)26-13-27-41(38)48-42-22-9-11-24-44(42)50(45-25-12-10-23-43(45)48)47-30-46-36-18-4-3-16-34(36)35-17-5-7-20-39(35)49(46)40-21-8-6-19-37(40)47/h1-30H. The second-order valence-corrected chi connectivity index (χ2v) is 13.5. The van der Waals surface area contributed by atoms with Gasteiger partial charge in [0.2, 0.25) is 0 Å². The average Bonchev–Trinajstić information content (AvgIpc) is 3.19. The van der Waals surface area contributed by atoms with Crippen LogP contribution in [-0.4, -0.2) is 0 Å². The fourth-order valence-corrected chi connectivity index (χ4v) is 8.94. The van der Waals surface area contributed by atoms with Gasteiger partial charge < -0.3 is 0 Å². The molecule has 0 heteroatoms. The quantitative estimate of drug-likeness (QED) is 0.132. The smallest absolute Gasteiger partial charge is 0.00199 e. The highest BCUT2D eigenvalue weighted by atomic mass is 14.2. The minimum absolute atomic E-state index is 1.27. The first-order valence-corrected chi connectivity index (χ1v) is 17.4. The van der Waals surface area contributed by atoms with E-state index in [1.807, 2.05) is 0 Å². The molecule has 0 fully saturated rings. The van der Waals surface area contributed by atoms with E-state index in [9.17, 15) is 0 Å². The van der Waals surface area contributed by atoms with Crippen molar-refractivity contribution in [2.45, 2.75) is 0 Å². The number of hydrogen-bond acceptors (Lipinski definition) is 0. The van der Waals surface area contributed by atoms with Crippen LogP contribution < -0.4 is 0 Å². The third kappa shape index (κ3) is 3.76. The van der Waals surface area contributed by atoms with Crippen molar-refractivity contribution in [3.05, 3.63) is 182 Å². The minimum Gasteiger partial charge on any atom is -0.0616 e. The molecule has 0 aliphatic rings. The molecule has 0 aromatic heterocycles. The van der Waals surface area contributed by atoms with Crippen LogP contribution in [0.4, 0.5) is 0 Å². The number of fused-ring (bicyclic) bond motifs is 13. The largest absolute Gasteiger partial charge is 0.0616 e. The van der Waals surface area contributed by atoms with Crippen molar-refractivity contribution in [3.8, 4) is 22.3 Å². The number of hydrogen-bond donors (Lipinski definition) is 0. The maximum atomic E-state index is 2.49. The molecule has 0 unspecified atom stereocenters. The molecule has 0 bridgehead atoms. The van der Waals surface area contributed by atoms with Gasteiger partial charge in [-0.15, -0.1) is 0 Å². The molecule has 0 atom stereocenters. The van der Waals surface area contributed by atoms with Gasteiger partial charge in [0.1, 0.15) is 0 Å². The molecule has 11 rings (SSSR count). The molecule has 0 saturated heterocycles. The van der Waals surface area contributed by atoms with Gasteiger partial charge in [0.25, 0.3) is 0 Å². The van der Waals surface area contributed by atoms with Crippen LogP contribution in [0.25, 0.3) is 108 Å². The van der Waals surface area contributed by atoms with Crippen LogP contribution in [0.1, 0.15) is 0 Å². The van der Waals surface area contributed by atoms with Crippen LogP contribution in [0.15, 0.2) is 182 Å². The Balaban J connectivity index is 1.33. The van der Waals surface area contributed by atoms with Crippen molar-refractivity contribution in [3.63, 3.8) is 0 Å². The molecule has 0 heterocycles. The van der Waals surface area contributed by atoms with E-state index in [4.69, 9.17) is 0 Å². The van der Waals surface area contributed by atoms with E-state index in [0.29, 0.717) is 0 Å². The van der Waals surface area contributed by atoms with E-state index in [2.05, 4.69) is 182 Å². The van der Waals surface area contributed by atoms with Crippen LogP contribution in [0, 0.1) is 0 Å². The molecule has 0 N–H and O–H groups in total. The topological polar surface area (TPSA) is 0 Å². The molecule has 0 radical (unpaired) electrons. The predicted octanol–water partition coefficient (Wildman–Crippen LogP) is 14.2. The zero-order chi connectivity index (χ0) is 32.8. The summed E-state index contributed by atoms with van der Waals surface area (Å²) in [5.74, 6) is 0. The van der Waals surface area contributed by atoms with Crippen molar-refractivity contribution in [1.82, 2.24) is 0 Å². The van der Waals surface area contributed by atoms with Crippen molar-refractivity contribution in [1.29, 1.82) is 0 Å². The number of rotatable bonds is 2. The monoisotopic (exact) mass is 630 g/mol. The SMILES string of the molecule is c1ccc2c(c1)ccc1c(-c3c4ccccc4c(-c4cc5c6ccccc6c6ccccc6c5c5ccccc45)c4ccccc34)cccc12. The lowest BCUT2D eigenvalue weighted by molar-refractivity contribution is 1.70. The van der Waals surface area contributed by atoms with Gasteiger partial charge in [-0.1, -0.05) is 176 Å². The van der Waals surface area contributed by atoms with Gasteiger partial charge in [0, 0.05) is 0 Å². The van der Waals surface area contributed by atoms with E-state index in [-0.39, 0.29) is 0 Å². The Labute approximate surface area is 289 Å². The normalized spacial score (nSPS) is 12.0. The highest BCUT2D eigenvalue weighted by Crippen LogP contribution is 2.49. The molecule has 230 valence electrons. The first-order valence-electron chi connectivity index (χ1n) is 17.4. The lowest BCUT2D eigenvalue weighted by Gasteiger charge is -2.21. The summed E-state index contributed by atoms with van der Waals surface area (Å²) in [4.78, 5) is 0. The van der Waals surface area contributed by atoms with E-state index in [0.717, 1.165) is 0 Å². The summed E-state index contributed by atoms with van der Waals surface area (Å²) in [6.45, 7) is 0. The maximum Gasteiger partial charge on any atom is -0.00199 e. The van der Waals surface area contributed by atoms with Crippen molar-refractivity contribution in [2.24, 2.45) is 0 Å². The van der Waals surface area contributed by atoms with Gasteiger partial charge in [0.15, 0.2) is 0 Å². The maximum absolute atomic E-state index is 2.49. The van der Waals surface area contributed by atoms with Gasteiger partial charge in [-0.25, -0.2) is 0 Å². The average molecular weight is 631 g/mol. The molecule has 0 saturated carbocycles. The molecule has 50 heavy (non-hydrogen) atoms. The Morgan fingerprint density at radius 1 is 0.200 bits per heavy atom. The molecule has 0 amide bonds. The Kier molecular flexibility index (Phi) is 5.76. The zero-order valence-corrected chi connectivity index (χ0v) is 27.3. The van der Waals surface area contributed by atoms with Crippen LogP contribution in [-0.2, 0) is 0 Å². The Bertz CT molecular complexity index is 3140. The molecule has 0 spiro atoms. The zero-order valence-electron chi connectivity index (χ0n) is 27.3. The van der Waals surface area contributed by atoms with Gasteiger partial charge in [-0.3, -0.25) is 0 Å². The lowest BCUT2D eigenvalue weighted by atomic mass is 9.82. The molecule has 0 nitrogen and oxygen atoms in total. The summed E-state index contributed by atoms with van der Waals surface area (Å²) in [6, 6.07) is 67.6. The molecule has 11 aromatic rings. The van der Waals surface area contributed by atoms with Gasteiger partial charge >= 0.3 is 0 Å². The second-order valence-electron chi connectivity index (χ2n) is 13.5. The lowest BCUT2D eigenvalue weighted by Crippen LogP contribution is -1.93. The van der Waals surface area contributed by atoms with Crippen molar-refractivity contribution in [2.75, 3.05) is 0 Å². The van der Waals surface area contributed by atoms with E-state index < -0.39 is 0 Å². The Hall–Kier alpha value is -6.50. The fourth-order valence-electron chi connectivity index (χ4n) is 8.94. The third-order valence-corrected chi connectivity index (χ3v) is 11.0. The summed E-state index contributed by atoms with van der Waals surface area (Å²) >= 11 is 0. The van der Waals surface area contributed by atoms with E-state index in [1.54, 1.807) is 0 Å². The van der Waals surface area contributed by atoms with E-state index in [1.165, 1.54) is 108 Å². The van der Waals surface area contributed by atoms with Crippen LogP contribution in [0.3, 0.4) is 0 Å². The van der Waals surface area contributed by atoms with Crippen LogP contribution in [0.5, 0.6) is 0 Å². The summed E-state index contributed by atoms with van der Waals surface area (Å²) in [5.41, 5.74) is 5.13. The molecule has 0 aliphatic carbocycles. The molecular formula is C50H30. The Morgan fingerprint density at radius 2 is 0.580 bits per heavy atom. The fraction of sp³-hybridized carbons (Fsp3) is 0. The van der Waals surface area contributed by atoms with E-state index >= 15 is 0 Å². The summed E-state index contributed by atoms with van der Waals surface area (Å²) < 4.78 is 0. The molecular weight excluding hydrogens is 601 g/mol. The third-order valence-electron chi connectivity index (χ3n) is 11.0. The minimum atomic E-state index is 1.27. The van der Waals surface area contributed by atoms with Crippen LogP contribution in [0.2, 0.25) is 0 Å². The molecule has 0 aliphatic heterocycles. The molecule has 11 aromatic carbocycles. The predicted molar refractivity (Wildman–Crippen MR) is 217 cm³/mol. The first-order chi connectivity index (χ1) is 24.8. The van der Waals surface area contributed by atoms with Crippen molar-refractivity contribution < 1.29 is 0 Å². The highest BCUT2D eigenvalue weighted by Gasteiger charge is 2.21. The van der Waals surface area contributed by atoms with Crippen LogP contribution >= 0.6 is 0 Å². The van der Waals surface area contributed by atoms with Gasteiger partial charge in [0.05, 0.1) is 0 Å².